The summed E-state index contributed by atoms with van der Waals surface area (Å²) in [5.74, 6) is 1.91. The van der Waals surface area contributed by atoms with Crippen LogP contribution in [0, 0.1) is 0 Å². The van der Waals surface area contributed by atoms with Crippen LogP contribution in [0.4, 0.5) is 0 Å². The first-order chi connectivity index (χ1) is 22.7. The van der Waals surface area contributed by atoms with Crippen LogP contribution >= 0.6 is 11.6 Å². The lowest BCUT2D eigenvalue weighted by molar-refractivity contribution is 0.669. The van der Waals surface area contributed by atoms with E-state index in [-0.39, 0.29) is 0 Å². The highest BCUT2D eigenvalue weighted by atomic mass is 35.5. The van der Waals surface area contributed by atoms with E-state index in [4.69, 9.17) is 31.0 Å². The van der Waals surface area contributed by atoms with Crippen molar-refractivity contribution in [1.82, 2.24) is 15.0 Å². The average Bonchev–Trinajstić information content (AvgIpc) is 3.49. The van der Waals surface area contributed by atoms with Gasteiger partial charge in [-0.2, -0.15) is 0 Å². The third-order valence-corrected chi connectivity index (χ3v) is 9.39. The van der Waals surface area contributed by atoms with Crippen molar-refractivity contribution in [2.75, 3.05) is 0 Å². The summed E-state index contributed by atoms with van der Waals surface area (Å²) in [6.07, 6.45) is 10.8. The summed E-state index contributed by atoms with van der Waals surface area (Å²) in [6, 6.07) is 35.6. The molecule has 0 unspecified atom stereocenters. The van der Waals surface area contributed by atoms with Gasteiger partial charge in [-0.15, -0.1) is 0 Å². The molecule has 9 rings (SSSR count). The molecule has 0 fully saturated rings. The molecule has 0 aliphatic heterocycles. The molecule has 5 heteroatoms. The quantitative estimate of drug-likeness (QED) is 0.198. The minimum absolute atomic E-state index is 0.610. The Bertz CT molecular complexity index is 2390. The summed E-state index contributed by atoms with van der Waals surface area (Å²) in [5, 5.41) is 2.58. The highest BCUT2D eigenvalue weighted by Gasteiger charge is 2.20. The molecule has 2 aromatic heterocycles. The van der Waals surface area contributed by atoms with Gasteiger partial charge in [0.25, 0.3) is 0 Å². The van der Waals surface area contributed by atoms with Gasteiger partial charge in [-0.25, -0.2) is 15.0 Å². The summed E-state index contributed by atoms with van der Waals surface area (Å²) in [7, 11) is 0. The molecule has 2 aliphatic carbocycles. The molecule has 4 nitrogen and oxygen atoms in total. The summed E-state index contributed by atoms with van der Waals surface area (Å²) in [4.78, 5) is 15.4. The van der Waals surface area contributed by atoms with Crippen molar-refractivity contribution in [3.05, 3.63) is 142 Å². The van der Waals surface area contributed by atoms with Gasteiger partial charge in [0.15, 0.2) is 17.5 Å². The highest BCUT2D eigenvalue weighted by molar-refractivity contribution is 6.31. The standard InChI is InChI=1S/C41H28ClN3O/c42-33-19-20-34-37(24-33)46-36-12-6-11-35(38(34)36)41-44-39(30-17-14-26-9-4-5-10-28(26)21-30)43-40(45-41)31-18-15-27-13-16-29(22-32(27)23-31)25-7-2-1-3-8-25/h1-4,6-9,11-12,14-15,17-24H,5,10,13,16H2. The van der Waals surface area contributed by atoms with Crippen molar-refractivity contribution in [2.24, 2.45) is 0 Å². The molecule has 220 valence electrons. The van der Waals surface area contributed by atoms with E-state index in [1.54, 1.807) is 0 Å². The number of rotatable bonds is 4. The van der Waals surface area contributed by atoms with Crippen molar-refractivity contribution >= 4 is 51.3 Å². The van der Waals surface area contributed by atoms with E-state index in [0.29, 0.717) is 22.5 Å². The van der Waals surface area contributed by atoms with Gasteiger partial charge in [-0.1, -0.05) is 96.6 Å². The third-order valence-electron chi connectivity index (χ3n) is 9.16. The molecule has 0 bridgehead atoms. The molecule has 0 atom stereocenters. The number of hydrogen-bond acceptors (Lipinski definition) is 4. The number of nitrogens with zero attached hydrogens (tertiary/aromatic N) is 3. The van der Waals surface area contributed by atoms with E-state index in [0.717, 1.165) is 64.3 Å². The lowest BCUT2D eigenvalue weighted by atomic mass is 9.88. The summed E-state index contributed by atoms with van der Waals surface area (Å²) in [5.41, 5.74) is 12.1. The number of allylic oxidation sites excluding steroid dienone is 2. The van der Waals surface area contributed by atoms with Crippen LogP contribution in [0.15, 0.2) is 114 Å². The second-order valence-corrected chi connectivity index (χ2v) is 12.5. The third kappa shape index (κ3) is 4.74. The number of hydrogen-bond donors (Lipinski definition) is 0. The summed E-state index contributed by atoms with van der Waals surface area (Å²) in [6.45, 7) is 0. The Hall–Kier alpha value is -5.32. The minimum atomic E-state index is 0.610. The Morgan fingerprint density at radius 2 is 1.41 bits per heavy atom. The molecular formula is C41H28ClN3O. The molecule has 0 saturated heterocycles. The van der Waals surface area contributed by atoms with E-state index in [1.165, 1.54) is 33.4 Å². The van der Waals surface area contributed by atoms with Gasteiger partial charge in [-0.3, -0.25) is 0 Å². The van der Waals surface area contributed by atoms with E-state index >= 15 is 0 Å². The molecule has 7 aromatic rings. The zero-order chi connectivity index (χ0) is 30.6. The number of furan rings is 1. The summed E-state index contributed by atoms with van der Waals surface area (Å²) >= 11 is 6.32. The van der Waals surface area contributed by atoms with Crippen molar-refractivity contribution < 1.29 is 4.42 Å². The SMILES string of the molecule is Clc1ccc2c(c1)oc1cccc(-c3nc(-c4ccc5c(c4)C=C(c4ccccc4)CC5)nc(-c4ccc5c(c4)CCC=C5)n3)c12. The maximum atomic E-state index is 6.32. The molecular weight excluding hydrogens is 586 g/mol. The van der Waals surface area contributed by atoms with Gasteiger partial charge >= 0.3 is 0 Å². The van der Waals surface area contributed by atoms with Gasteiger partial charge in [0.2, 0.25) is 0 Å². The van der Waals surface area contributed by atoms with Crippen LogP contribution in [0.2, 0.25) is 5.02 Å². The molecule has 46 heavy (non-hydrogen) atoms. The Morgan fingerprint density at radius 1 is 0.587 bits per heavy atom. The van der Waals surface area contributed by atoms with Crippen LogP contribution in [-0.4, -0.2) is 15.0 Å². The largest absolute Gasteiger partial charge is 0.456 e. The zero-order valence-electron chi connectivity index (χ0n) is 25.0. The van der Waals surface area contributed by atoms with Crippen LogP contribution in [0.1, 0.15) is 40.7 Å². The van der Waals surface area contributed by atoms with Gasteiger partial charge < -0.3 is 4.42 Å². The first kappa shape index (κ1) is 27.0. The van der Waals surface area contributed by atoms with Gasteiger partial charge in [0, 0.05) is 38.6 Å². The van der Waals surface area contributed by atoms with E-state index < -0.39 is 0 Å². The van der Waals surface area contributed by atoms with Crippen LogP contribution < -0.4 is 0 Å². The van der Waals surface area contributed by atoms with Crippen LogP contribution in [0.5, 0.6) is 0 Å². The Morgan fingerprint density at radius 3 is 2.30 bits per heavy atom. The molecule has 0 saturated carbocycles. The van der Waals surface area contributed by atoms with Gasteiger partial charge in [0.05, 0.1) is 0 Å². The Labute approximate surface area is 271 Å². The second-order valence-electron chi connectivity index (χ2n) is 12.0. The number of aryl methyl sites for hydroxylation is 2. The number of fused-ring (bicyclic) bond motifs is 5. The summed E-state index contributed by atoms with van der Waals surface area (Å²) < 4.78 is 6.23. The van der Waals surface area contributed by atoms with Gasteiger partial charge in [0.1, 0.15) is 11.2 Å². The molecule has 5 aromatic carbocycles. The zero-order valence-corrected chi connectivity index (χ0v) is 25.8. The maximum Gasteiger partial charge on any atom is 0.164 e. The van der Waals surface area contributed by atoms with Crippen molar-refractivity contribution in [3.63, 3.8) is 0 Å². The van der Waals surface area contributed by atoms with Crippen LogP contribution in [0.3, 0.4) is 0 Å². The Balaban J connectivity index is 1.24. The fourth-order valence-corrected chi connectivity index (χ4v) is 6.98. The van der Waals surface area contributed by atoms with E-state index in [9.17, 15) is 0 Å². The van der Waals surface area contributed by atoms with Crippen LogP contribution in [-0.2, 0) is 12.8 Å². The number of halogens is 1. The van der Waals surface area contributed by atoms with E-state index in [1.807, 2.05) is 30.3 Å². The lowest BCUT2D eigenvalue weighted by Crippen LogP contribution is -2.03. The predicted octanol–water partition coefficient (Wildman–Crippen LogP) is 10.9. The second kappa shape index (κ2) is 10.9. The maximum absolute atomic E-state index is 6.32. The lowest BCUT2D eigenvalue weighted by Gasteiger charge is -2.18. The molecule has 0 spiro atoms. The number of benzene rings is 5. The highest BCUT2D eigenvalue weighted by Crippen LogP contribution is 2.38. The minimum Gasteiger partial charge on any atom is -0.456 e. The van der Waals surface area contributed by atoms with Gasteiger partial charge in [-0.05, 0) is 89.4 Å². The first-order valence-corrected chi connectivity index (χ1v) is 16.1. The topological polar surface area (TPSA) is 51.8 Å². The fourth-order valence-electron chi connectivity index (χ4n) is 6.82. The normalized spacial score (nSPS) is 13.9. The van der Waals surface area contributed by atoms with Crippen molar-refractivity contribution in [1.29, 1.82) is 0 Å². The average molecular weight is 614 g/mol. The Kier molecular flexibility index (Phi) is 6.43. The molecule has 2 heterocycles. The molecule has 0 radical (unpaired) electrons. The van der Waals surface area contributed by atoms with Crippen molar-refractivity contribution in [2.45, 2.75) is 25.7 Å². The van der Waals surface area contributed by atoms with Crippen molar-refractivity contribution in [3.8, 4) is 34.2 Å². The fraction of sp³-hybridized carbons (Fsp3) is 0.0976. The number of aromatic nitrogens is 3. The first-order valence-electron chi connectivity index (χ1n) is 15.7. The molecule has 0 N–H and O–H groups in total. The van der Waals surface area contributed by atoms with E-state index in [2.05, 4.69) is 91.0 Å². The molecule has 2 aliphatic rings. The molecule has 0 amide bonds. The predicted molar refractivity (Wildman–Crippen MR) is 188 cm³/mol. The van der Waals surface area contributed by atoms with Crippen LogP contribution in [0.25, 0.3) is 73.8 Å². The monoisotopic (exact) mass is 613 g/mol. The smallest absolute Gasteiger partial charge is 0.164 e.